The number of benzene rings is 1. The number of hydrogen-bond acceptors (Lipinski definition) is 4. The van der Waals surface area contributed by atoms with Gasteiger partial charge in [0.25, 0.3) is 0 Å². The normalized spacial score (nSPS) is 20.8. The molecule has 2 fully saturated rings. The summed E-state index contributed by atoms with van der Waals surface area (Å²) in [5.41, 5.74) is 0.651. The summed E-state index contributed by atoms with van der Waals surface area (Å²) >= 11 is 6.11. The van der Waals surface area contributed by atoms with Gasteiger partial charge >= 0.3 is 5.97 Å². The lowest BCUT2D eigenvalue weighted by molar-refractivity contribution is -0.129. The summed E-state index contributed by atoms with van der Waals surface area (Å²) in [7, 11) is 1.29. The number of halogens is 1. The quantitative estimate of drug-likeness (QED) is 0.833. The fourth-order valence-corrected chi connectivity index (χ4v) is 3.74. The largest absolute Gasteiger partial charge is 0.465 e. The maximum atomic E-state index is 12.6. The summed E-state index contributed by atoms with van der Waals surface area (Å²) in [6.45, 7) is 0.448. The van der Waals surface area contributed by atoms with Crippen LogP contribution in [0.25, 0.3) is 0 Å². The zero-order valence-electron chi connectivity index (χ0n) is 14.1. The topological polar surface area (TPSA) is 75.7 Å². The minimum absolute atomic E-state index is 0.0430. The molecule has 1 saturated heterocycles. The van der Waals surface area contributed by atoms with E-state index < -0.39 is 11.9 Å². The summed E-state index contributed by atoms with van der Waals surface area (Å²) in [4.78, 5) is 38.3. The molecule has 1 aliphatic heterocycles. The Morgan fingerprint density at radius 1 is 1.28 bits per heavy atom. The third kappa shape index (κ3) is 3.79. The Labute approximate surface area is 151 Å². The molecule has 0 aromatic heterocycles. The number of nitrogens with zero attached hydrogens (tertiary/aromatic N) is 1. The number of methoxy groups -OCH3 is 1. The van der Waals surface area contributed by atoms with Gasteiger partial charge in [-0.3, -0.25) is 9.59 Å². The van der Waals surface area contributed by atoms with Gasteiger partial charge in [0.15, 0.2) is 0 Å². The second-order valence-corrected chi connectivity index (χ2v) is 6.97. The van der Waals surface area contributed by atoms with Crippen LogP contribution in [-0.2, 0) is 14.3 Å². The van der Waals surface area contributed by atoms with Gasteiger partial charge in [-0.05, 0) is 31.0 Å². The third-order valence-corrected chi connectivity index (χ3v) is 5.27. The number of anilines is 1. The summed E-state index contributed by atoms with van der Waals surface area (Å²) in [6.07, 6.45) is 4.54. The fourth-order valence-electron chi connectivity index (χ4n) is 3.58. The van der Waals surface area contributed by atoms with Gasteiger partial charge in [-0.15, -0.1) is 0 Å². The minimum Gasteiger partial charge on any atom is -0.465 e. The molecule has 6 nitrogen and oxygen atoms in total. The molecule has 1 heterocycles. The Balaban J connectivity index is 1.68. The van der Waals surface area contributed by atoms with Crippen LogP contribution in [0.1, 0.15) is 42.5 Å². The number of likely N-dealkylation sites (tertiary alicyclic amines) is 1. The number of esters is 1. The van der Waals surface area contributed by atoms with Crippen LogP contribution in [0.5, 0.6) is 0 Å². The van der Waals surface area contributed by atoms with Gasteiger partial charge < -0.3 is 15.0 Å². The zero-order valence-corrected chi connectivity index (χ0v) is 14.8. The van der Waals surface area contributed by atoms with Crippen molar-refractivity contribution in [3.63, 3.8) is 0 Å². The number of rotatable bonds is 4. The maximum Gasteiger partial charge on any atom is 0.337 e. The molecule has 7 heteroatoms. The molecule has 1 unspecified atom stereocenters. The molecule has 1 saturated carbocycles. The average molecular weight is 365 g/mol. The number of hydrogen-bond donors (Lipinski definition) is 1. The van der Waals surface area contributed by atoms with Crippen molar-refractivity contribution >= 4 is 35.1 Å². The first-order valence-corrected chi connectivity index (χ1v) is 8.85. The van der Waals surface area contributed by atoms with Gasteiger partial charge in [-0.25, -0.2) is 4.79 Å². The lowest BCUT2D eigenvalue weighted by atomic mass is 10.1. The number of ether oxygens (including phenoxy) is 1. The van der Waals surface area contributed by atoms with Crippen molar-refractivity contribution in [2.45, 2.75) is 38.1 Å². The molecule has 0 radical (unpaired) electrons. The van der Waals surface area contributed by atoms with Crippen LogP contribution in [0.4, 0.5) is 5.69 Å². The molecular formula is C18H21ClN2O4. The Hall–Kier alpha value is -2.08. The molecule has 3 rings (SSSR count). The van der Waals surface area contributed by atoms with Gasteiger partial charge in [0.05, 0.1) is 29.3 Å². The van der Waals surface area contributed by atoms with E-state index in [1.165, 1.54) is 25.3 Å². The van der Waals surface area contributed by atoms with Crippen LogP contribution in [0, 0.1) is 5.92 Å². The van der Waals surface area contributed by atoms with E-state index in [4.69, 9.17) is 11.6 Å². The lowest BCUT2D eigenvalue weighted by Gasteiger charge is -2.23. The van der Waals surface area contributed by atoms with Crippen molar-refractivity contribution < 1.29 is 19.1 Å². The maximum absolute atomic E-state index is 12.6. The Morgan fingerprint density at radius 3 is 2.68 bits per heavy atom. The molecule has 1 N–H and O–H groups in total. The number of carbonyl (C=O) groups is 3. The van der Waals surface area contributed by atoms with Gasteiger partial charge in [-0.1, -0.05) is 24.4 Å². The molecule has 25 heavy (non-hydrogen) atoms. The van der Waals surface area contributed by atoms with Gasteiger partial charge in [0.2, 0.25) is 11.8 Å². The van der Waals surface area contributed by atoms with Crippen LogP contribution in [-0.4, -0.2) is 42.4 Å². The molecule has 2 amide bonds. The first kappa shape index (κ1) is 17.7. The van der Waals surface area contributed by atoms with E-state index in [9.17, 15) is 14.4 Å². The van der Waals surface area contributed by atoms with E-state index >= 15 is 0 Å². The molecule has 0 bridgehead atoms. The van der Waals surface area contributed by atoms with Crippen LogP contribution in [0.2, 0.25) is 5.02 Å². The summed E-state index contributed by atoms with van der Waals surface area (Å²) in [5.74, 6) is -1.11. The standard InChI is InChI=1S/C18H21ClN2O4/c1-25-18(24)11-6-7-14(19)15(8-11)20-17(23)12-9-16(22)21(10-12)13-4-2-3-5-13/h6-8,12-13H,2-5,9-10H2,1H3,(H,20,23). The highest BCUT2D eigenvalue weighted by atomic mass is 35.5. The van der Waals surface area contributed by atoms with Crippen molar-refractivity contribution in [3.8, 4) is 0 Å². The Morgan fingerprint density at radius 2 is 2.00 bits per heavy atom. The summed E-state index contributed by atoms with van der Waals surface area (Å²) in [6, 6.07) is 4.83. The first-order chi connectivity index (χ1) is 12.0. The molecule has 134 valence electrons. The van der Waals surface area contributed by atoms with E-state index in [1.54, 1.807) is 0 Å². The molecular weight excluding hydrogens is 344 g/mol. The number of amides is 2. The predicted octanol–water partition coefficient (Wildman–Crippen LogP) is 2.86. The van der Waals surface area contributed by atoms with E-state index in [-0.39, 0.29) is 24.3 Å². The molecule has 1 aromatic rings. The highest BCUT2D eigenvalue weighted by molar-refractivity contribution is 6.33. The third-order valence-electron chi connectivity index (χ3n) is 4.94. The van der Waals surface area contributed by atoms with Crippen LogP contribution < -0.4 is 5.32 Å². The summed E-state index contributed by atoms with van der Waals surface area (Å²) in [5, 5.41) is 3.08. The Bertz CT molecular complexity index is 700. The van der Waals surface area contributed by atoms with Crippen molar-refractivity contribution in [1.82, 2.24) is 4.90 Å². The van der Waals surface area contributed by atoms with Crippen molar-refractivity contribution in [2.75, 3.05) is 19.0 Å². The first-order valence-electron chi connectivity index (χ1n) is 8.48. The predicted molar refractivity (Wildman–Crippen MR) is 93.5 cm³/mol. The zero-order chi connectivity index (χ0) is 18.0. The highest BCUT2D eigenvalue weighted by Gasteiger charge is 2.38. The van der Waals surface area contributed by atoms with Crippen LogP contribution in [0.3, 0.4) is 0 Å². The molecule has 0 spiro atoms. The average Bonchev–Trinajstić information content (AvgIpc) is 3.25. The summed E-state index contributed by atoms with van der Waals surface area (Å²) < 4.78 is 4.67. The molecule has 1 atom stereocenters. The monoisotopic (exact) mass is 364 g/mol. The van der Waals surface area contributed by atoms with E-state index in [1.807, 2.05) is 4.90 Å². The SMILES string of the molecule is COC(=O)c1ccc(Cl)c(NC(=O)C2CC(=O)N(C3CCCC3)C2)c1. The second kappa shape index (κ2) is 7.44. The van der Waals surface area contributed by atoms with Crippen LogP contribution >= 0.6 is 11.6 Å². The van der Waals surface area contributed by atoms with Crippen molar-refractivity contribution in [3.05, 3.63) is 28.8 Å². The van der Waals surface area contributed by atoms with E-state index in [2.05, 4.69) is 10.1 Å². The second-order valence-electron chi connectivity index (χ2n) is 6.56. The molecule has 1 aliphatic carbocycles. The fraction of sp³-hybridized carbons (Fsp3) is 0.500. The van der Waals surface area contributed by atoms with Gasteiger partial charge in [0.1, 0.15) is 0 Å². The minimum atomic E-state index is -0.504. The van der Waals surface area contributed by atoms with Gasteiger partial charge in [-0.2, -0.15) is 0 Å². The van der Waals surface area contributed by atoms with E-state index in [0.29, 0.717) is 22.8 Å². The number of carbonyl (C=O) groups excluding carboxylic acids is 3. The van der Waals surface area contributed by atoms with Crippen LogP contribution in [0.15, 0.2) is 18.2 Å². The number of nitrogens with one attached hydrogen (secondary N) is 1. The molecule has 2 aliphatic rings. The van der Waals surface area contributed by atoms with E-state index in [0.717, 1.165) is 25.7 Å². The Kier molecular flexibility index (Phi) is 5.27. The van der Waals surface area contributed by atoms with Gasteiger partial charge in [0, 0.05) is 19.0 Å². The smallest absolute Gasteiger partial charge is 0.337 e. The van der Waals surface area contributed by atoms with Crippen molar-refractivity contribution in [1.29, 1.82) is 0 Å². The lowest BCUT2D eigenvalue weighted by Crippen LogP contribution is -2.35. The molecule has 1 aromatic carbocycles. The highest BCUT2D eigenvalue weighted by Crippen LogP contribution is 2.31. The van der Waals surface area contributed by atoms with Crippen molar-refractivity contribution in [2.24, 2.45) is 5.92 Å².